The number of hydrogen-bond acceptors (Lipinski definition) is 8. The normalized spacial score (nSPS) is 14.5. The number of amides is 1. The van der Waals surface area contributed by atoms with E-state index in [1.807, 2.05) is 46.2 Å². The minimum atomic E-state index is 0.141. The molecule has 0 radical (unpaired) electrons. The Kier molecular flexibility index (Phi) is 7.56. The fourth-order valence-electron chi connectivity index (χ4n) is 3.87. The Morgan fingerprint density at radius 3 is 2.52 bits per heavy atom. The number of nitrogens with zero attached hydrogens (tertiary/aromatic N) is 5. The highest BCUT2D eigenvalue weighted by molar-refractivity contribution is 7.99. The molecule has 0 aliphatic carbocycles. The van der Waals surface area contributed by atoms with Gasteiger partial charge < -0.3 is 18.9 Å². The number of benzene rings is 1. The van der Waals surface area contributed by atoms with Gasteiger partial charge in [-0.25, -0.2) is 0 Å². The standard InChI is InChI=1S/C23H29N5O3S2/c1-16-12-18(30-3)19(31-4)13-17(16)14-27-7-9-28(10-8-27)21(29)15-33-23-25-24-22(26(23)2)20-6-5-11-32-20/h5-6,11-13H,7-10,14-15H2,1-4H3. The Balaban J connectivity index is 1.28. The van der Waals surface area contributed by atoms with Crippen LogP contribution in [0.5, 0.6) is 11.5 Å². The average molecular weight is 488 g/mol. The molecule has 0 saturated carbocycles. The monoisotopic (exact) mass is 487 g/mol. The van der Waals surface area contributed by atoms with Gasteiger partial charge in [0.25, 0.3) is 0 Å². The van der Waals surface area contributed by atoms with Crippen molar-refractivity contribution in [3.63, 3.8) is 0 Å². The molecule has 10 heteroatoms. The second-order valence-electron chi connectivity index (χ2n) is 7.92. The van der Waals surface area contributed by atoms with E-state index in [1.54, 1.807) is 25.6 Å². The zero-order valence-corrected chi connectivity index (χ0v) is 21.0. The van der Waals surface area contributed by atoms with Crippen molar-refractivity contribution in [3.05, 3.63) is 40.8 Å². The van der Waals surface area contributed by atoms with Crippen LogP contribution in [0.2, 0.25) is 0 Å². The first-order valence-electron chi connectivity index (χ1n) is 10.8. The number of thiophene rings is 1. The Bertz CT molecular complexity index is 1090. The molecule has 1 amide bonds. The minimum Gasteiger partial charge on any atom is -0.493 e. The van der Waals surface area contributed by atoms with Crippen molar-refractivity contribution in [2.45, 2.75) is 18.6 Å². The second kappa shape index (κ2) is 10.6. The third kappa shape index (κ3) is 5.34. The minimum absolute atomic E-state index is 0.141. The van der Waals surface area contributed by atoms with Crippen molar-refractivity contribution in [1.29, 1.82) is 0 Å². The molecule has 0 atom stereocenters. The maximum Gasteiger partial charge on any atom is 0.233 e. The van der Waals surface area contributed by atoms with Crippen LogP contribution in [0.25, 0.3) is 10.7 Å². The van der Waals surface area contributed by atoms with E-state index in [9.17, 15) is 4.79 Å². The maximum atomic E-state index is 12.8. The number of thioether (sulfide) groups is 1. The van der Waals surface area contributed by atoms with Gasteiger partial charge in [0.05, 0.1) is 24.8 Å². The molecule has 0 spiro atoms. The summed E-state index contributed by atoms with van der Waals surface area (Å²) in [6, 6.07) is 8.09. The molecule has 1 fully saturated rings. The van der Waals surface area contributed by atoms with Crippen LogP contribution in [0.15, 0.2) is 34.8 Å². The smallest absolute Gasteiger partial charge is 0.233 e. The lowest BCUT2D eigenvalue weighted by Gasteiger charge is -2.35. The lowest BCUT2D eigenvalue weighted by atomic mass is 10.1. The number of carbonyl (C=O) groups excluding carboxylic acids is 1. The summed E-state index contributed by atoms with van der Waals surface area (Å²) in [6.07, 6.45) is 0. The first kappa shape index (κ1) is 23.6. The summed E-state index contributed by atoms with van der Waals surface area (Å²) in [4.78, 5) is 18.2. The van der Waals surface area contributed by atoms with E-state index in [2.05, 4.69) is 22.0 Å². The highest BCUT2D eigenvalue weighted by Crippen LogP contribution is 2.31. The van der Waals surface area contributed by atoms with E-state index in [1.165, 1.54) is 22.9 Å². The van der Waals surface area contributed by atoms with Crippen molar-refractivity contribution in [3.8, 4) is 22.2 Å². The average Bonchev–Trinajstić information content (AvgIpc) is 3.48. The third-order valence-corrected chi connectivity index (χ3v) is 7.73. The number of aromatic nitrogens is 3. The van der Waals surface area contributed by atoms with Crippen LogP contribution in [-0.4, -0.2) is 76.6 Å². The first-order chi connectivity index (χ1) is 16.0. The molecule has 0 bridgehead atoms. The maximum absolute atomic E-state index is 12.8. The topological polar surface area (TPSA) is 72.7 Å². The third-order valence-electron chi connectivity index (χ3n) is 5.86. The number of rotatable bonds is 8. The summed E-state index contributed by atoms with van der Waals surface area (Å²) >= 11 is 3.07. The highest BCUT2D eigenvalue weighted by atomic mass is 32.2. The van der Waals surface area contributed by atoms with Gasteiger partial charge in [0, 0.05) is 39.8 Å². The van der Waals surface area contributed by atoms with Gasteiger partial charge >= 0.3 is 0 Å². The molecule has 3 aromatic rings. The lowest BCUT2D eigenvalue weighted by molar-refractivity contribution is -0.130. The van der Waals surface area contributed by atoms with E-state index >= 15 is 0 Å². The number of carbonyl (C=O) groups is 1. The van der Waals surface area contributed by atoms with Gasteiger partial charge in [0.1, 0.15) is 0 Å². The Labute approximate surface area is 202 Å². The molecule has 1 aliphatic heterocycles. The van der Waals surface area contributed by atoms with Gasteiger partial charge in [-0.05, 0) is 41.6 Å². The molecule has 8 nitrogen and oxygen atoms in total. The molecule has 0 N–H and O–H groups in total. The first-order valence-corrected chi connectivity index (χ1v) is 12.6. The van der Waals surface area contributed by atoms with Gasteiger partial charge in [-0.1, -0.05) is 17.8 Å². The zero-order chi connectivity index (χ0) is 23.4. The van der Waals surface area contributed by atoms with E-state index in [-0.39, 0.29) is 5.91 Å². The van der Waals surface area contributed by atoms with Crippen molar-refractivity contribution >= 4 is 29.0 Å². The Morgan fingerprint density at radius 1 is 1.12 bits per heavy atom. The predicted molar refractivity (Wildman–Crippen MR) is 131 cm³/mol. The Morgan fingerprint density at radius 2 is 1.85 bits per heavy atom. The molecular formula is C23H29N5O3S2. The number of hydrogen-bond donors (Lipinski definition) is 0. The summed E-state index contributed by atoms with van der Waals surface area (Å²) in [7, 11) is 5.25. The van der Waals surface area contributed by atoms with Crippen LogP contribution < -0.4 is 9.47 Å². The number of aryl methyl sites for hydroxylation is 1. The molecule has 1 saturated heterocycles. The fraction of sp³-hybridized carbons (Fsp3) is 0.435. The molecular weight excluding hydrogens is 458 g/mol. The molecule has 33 heavy (non-hydrogen) atoms. The van der Waals surface area contributed by atoms with Crippen LogP contribution in [-0.2, 0) is 18.4 Å². The molecule has 1 aliphatic rings. The van der Waals surface area contributed by atoms with Crippen LogP contribution >= 0.6 is 23.1 Å². The van der Waals surface area contributed by atoms with Crippen molar-refractivity contribution < 1.29 is 14.3 Å². The molecule has 1 aromatic carbocycles. The van der Waals surface area contributed by atoms with Gasteiger partial charge in [-0.2, -0.15) is 0 Å². The largest absolute Gasteiger partial charge is 0.493 e. The van der Waals surface area contributed by atoms with E-state index in [4.69, 9.17) is 9.47 Å². The number of ether oxygens (including phenoxy) is 2. The molecule has 0 unspecified atom stereocenters. The number of piperazine rings is 1. The number of methoxy groups -OCH3 is 2. The van der Waals surface area contributed by atoms with Gasteiger partial charge in [-0.3, -0.25) is 9.69 Å². The lowest BCUT2D eigenvalue weighted by Crippen LogP contribution is -2.48. The summed E-state index contributed by atoms with van der Waals surface area (Å²) in [5.74, 6) is 2.83. The van der Waals surface area contributed by atoms with Crippen LogP contribution in [0.4, 0.5) is 0 Å². The summed E-state index contributed by atoms with van der Waals surface area (Å²) in [6.45, 7) is 6.06. The van der Waals surface area contributed by atoms with Crippen molar-refractivity contribution in [2.24, 2.45) is 7.05 Å². The van der Waals surface area contributed by atoms with E-state index < -0.39 is 0 Å². The Hall–Kier alpha value is -2.56. The van der Waals surface area contributed by atoms with Crippen molar-refractivity contribution in [1.82, 2.24) is 24.6 Å². The van der Waals surface area contributed by atoms with Gasteiger partial charge in [-0.15, -0.1) is 21.5 Å². The zero-order valence-electron chi connectivity index (χ0n) is 19.4. The van der Waals surface area contributed by atoms with E-state index in [0.717, 1.165) is 60.1 Å². The highest BCUT2D eigenvalue weighted by Gasteiger charge is 2.23. The summed E-state index contributed by atoms with van der Waals surface area (Å²) in [5.41, 5.74) is 2.39. The van der Waals surface area contributed by atoms with Crippen molar-refractivity contribution in [2.75, 3.05) is 46.2 Å². The summed E-state index contributed by atoms with van der Waals surface area (Å²) in [5, 5.41) is 11.3. The quantitative estimate of drug-likeness (QED) is 0.452. The molecule has 4 rings (SSSR count). The van der Waals surface area contributed by atoms with Gasteiger partial charge in [0.15, 0.2) is 22.5 Å². The second-order valence-corrected chi connectivity index (χ2v) is 9.81. The van der Waals surface area contributed by atoms with Gasteiger partial charge in [0.2, 0.25) is 5.91 Å². The molecule has 3 heterocycles. The molecule has 2 aromatic heterocycles. The van der Waals surface area contributed by atoms with Crippen LogP contribution in [0.1, 0.15) is 11.1 Å². The van der Waals surface area contributed by atoms with Crippen LogP contribution in [0, 0.1) is 6.92 Å². The fourth-order valence-corrected chi connectivity index (χ4v) is 5.43. The molecule has 176 valence electrons. The predicted octanol–water partition coefficient (Wildman–Crippen LogP) is 3.31. The SMILES string of the molecule is COc1cc(C)c(CN2CCN(C(=O)CSc3nnc(-c4cccs4)n3C)CC2)cc1OC. The van der Waals surface area contributed by atoms with Crippen LogP contribution in [0.3, 0.4) is 0 Å². The summed E-state index contributed by atoms with van der Waals surface area (Å²) < 4.78 is 12.8. The van der Waals surface area contributed by atoms with E-state index in [0.29, 0.717) is 5.75 Å².